The minimum Gasteiger partial charge on any atom is -0.349 e. The van der Waals surface area contributed by atoms with Crippen LogP contribution in [0.15, 0.2) is 48.7 Å². The summed E-state index contributed by atoms with van der Waals surface area (Å²) in [6.07, 6.45) is 2.42. The molecule has 0 bridgehead atoms. The van der Waals surface area contributed by atoms with Gasteiger partial charge >= 0.3 is 0 Å². The van der Waals surface area contributed by atoms with Crippen LogP contribution in [0.2, 0.25) is 5.02 Å². The fraction of sp³-hybridized carbons (Fsp3) is 0.150. The van der Waals surface area contributed by atoms with Crippen molar-refractivity contribution in [2.45, 2.75) is 13.3 Å². The Balaban J connectivity index is 1.96. The van der Waals surface area contributed by atoms with Gasteiger partial charge in [0.15, 0.2) is 0 Å². The summed E-state index contributed by atoms with van der Waals surface area (Å²) in [4.78, 5) is 11.2. The van der Waals surface area contributed by atoms with E-state index in [1.165, 1.54) is 0 Å². The normalized spacial score (nSPS) is 10.4. The molecule has 0 aliphatic heterocycles. The lowest BCUT2D eigenvalue weighted by molar-refractivity contribution is -0.116. The second-order valence-electron chi connectivity index (χ2n) is 5.61. The van der Waals surface area contributed by atoms with E-state index < -0.39 is 0 Å². The predicted octanol–water partition coefficient (Wildman–Crippen LogP) is 4.36. The summed E-state index contributed by atoms with van der Waals surface area (Å²) >= 11 is 6.28. The van der Waals surface area contributed by atoms with Crippen molar-refractivity contribution >= 4 is 28.3 Å². The Hall–Kier alpha value is -2.50. The highest BCUT2D eigenvalue weighted by atomic mass is 35.5. The Morgan fingerprint density at radius 3 is 2.61 bits per heavy atom. The van der Waals surface area contributed by atoms with Gasteiger partial charge in [0.05, 0.1) is 10.6 Å². The summed E-state index contributed by atoms with van der Waals surface area (Å²) in [5, 5.41) is 1.71. The Labute approximate surface area is 140 Å². The lowest BCUT2D eigenvalue weighted by Crippen LogP contribution is -1.96. The van der Waals surface area contributed by atoms with Gasteiger partial charge in [-0.05, 0) is 30.7 Å². The zero-order chi connectivity index (χ0) is 16.4. The first-order valence-electron chi connectivity index (χ1n) is 7.38. The van der Waals surface area contributed by atoms with Crippen LogP contribution >= 0.6 is 11.6 Å². The molecule has 0 saturated heterocycles. The number of rotatable bonds is 2. The number of Topliss-reactive ketones (excluding diaryl/α,β-unsaturated/α-hetero) is 1. The van der Waals surface area contributed by atoms with E-state index >= 15 is 0 Å². The van der Waals surface area contributed by atoms with Crippen molar-refractivity contribution in [2.24, 2.45) is 7.05 Å². The molecular formula is C20H16ClNO. The number of halogens is 1. The number of hydrogen-bond acceptors (Lipinski definition) is 1. The maximum Gasteiger partial charge on any atom is 0.134 e. The topological polar surface area (TPSA) is 22.0 Å². The summed E-state index contributed by atoms with van der Waals surface area (Å²) in [6.45, 7) is 1.57. The average Bonchev–Trinajstić information content (AvgIpc) is 2.83. The number of aryl methyl sites for hydroxylation is 1. The zero-order valence-electron chi connectivity index (χ0n) is 13.1. The molecule has 114 valence electrons. The summed E-state index contributed by atoms with van der Waals surface area (Å²) in [7, 11) is 2.01. The fourth-order valence-corrected chi connectivity index (χ4v) is 2.88. The molecule has 0 saturated carbocycles. The highest BCUT2D eigenvalue weighted by molar-refractivity contribution is 6.31. The van der Waals surface area contributed by atoms with Crippen LogP contribution < -0.4 is 0 Å². The van der Waals surface area contributed by atoms with Crippen molar-refractivity contribution < 1.29 is 4.79 Å². The molecule has 0 N–H and O–H groups in total. The number of para-hydroxylation sites is 1. The van der Waals surface area contributed by atoms with Crippen molar-refractivity contribution in [2.75, 3.05) is 0 Å². The molecule has 0 aliphatic carbocycles. The summed E-state index contributed by atoms with van der Waals surface area (Å²) in [5.41, 5.74) is 3.82. The number of ketones is 1. The fourth-order valence-electron chi connectivity index (χ4n) is 2.63. The SMILES string of the molecule is CC(=O)Cc1ccc(C#Cc2cn(C)c3ccccc23)c(Cl)c1. The van der Waals surface area contributed by atoms with Crippen LogP contribution in [0, 0.1) is 11.8 Å². The summed E-state index contributed by atoms with van der Waals surface area (Å²) < 4.78 is 2.07. The Morgan fingerprint density at radius 1 is 1.13 bits per heavy atom. The van der Waals surface area contributed by atoms with Crippen LogP contribution in [0.4, 0.5) is 0 Å². The van der Waals surface area contributed by atoms with Gasteiger partial charge in [0.1, 0.15) is 5.78 Å². The molecule has 0 aliphatic rings. The Kier molecular flexibility index (Phi) is 4.23. The number of carbonyl (C=O) groups is 1. The van der Waals surface area contributed by atoms with Crippen molar-refractivity contribution in [1.82, 2.24) is 4.57 Å². The van der Waals surface area contributed by atoms with Gasteiger partial charge in [-0.15, -0.1) is 0 Å². The first kappa shape index (κ1) is 15.4. The minimum atomic E-state index is 0.121. The van der Waals surface area contributed by atoms with E-state index in [1.54, 1.807) is 6.92 Å². The first-order chi connectivity index (χ1) is 11.0. The maximum atomic E-state index is 11.2. The molecule has 0 amide bonds. The number of hydrogen-bond donors (Lipinski definition) is 0. The van der Waals surface area contributed by atoms with Crippen molar-refractivity contribution in [1.29, 1.82) is 0 Å². The Bertz CT molecular complexity index is 957. The van der Waals surface area contributed by atoms with E-state index in [-0.39, 0.29) is 5.78 Å². The number of benzene rings is 2. The third-order valence-corrected chi connectivity index (χ3v) is 4.03. The number of fused-ring (bicyclic) bond motifs is 1. The van der Waals surface area contributed by atoms with E-state index in [4.69, 9.17) is 11.6 Å². The van der Waals surface area contributed by atoms with Gasteiger partial charge in [-0.2, -0.15) is 0 Å². The van der Waals surface area contributed by atoms with Gasteiger partial charge in [-0.3, -0.25) is 4.79 Å². The highest BCUT2D eigenvalue weighted by Gasteiger charge is 2.04. The molecule has 23 heavy (non-hydrogen) atoms. The second-order valence-corrected chi connectivity index (χ2v) is 6.02. The molecule has 3 heteroatoms. The molecule has 1 heterocycles. The number of nitrogens with zero attached hydrogens (tertiary/aromatic N) is 1. The Morgan fingerprint density at radius 2 is 1.87 bits per heavy atom. The molecule has 1 aromatic heterocycles. The van der Waals surface area contributed by atoms with Gasteiger partial charge in [0.2, 0.25) is 0 Å². The number of carbonyl (C=O) groups excluding carboxylic acids is 1. The van der Waals surface area contributed by atoms with Crippen LogP contribution in [0.25, 0.3) is 10.9 Å². The van der Waals surface area contributed by atoms with E-state index in [9.17, 15) is 4.79 Å². The maximum absolute atomic E-state index is 11.2. The van der Waals surface area contributed by atoms with Gasteiger partial charge < -0.3 is 4.57 Å². The van der Waals surface area contributed by atoms with Crippen molar-refractivity contribution in [3.8, 4) is 11.8 Å². The largest absolute Gasteiger partial charge is 0.349 e. The molecule has 3 aromatic rings. The zero-order valence-corrected chi connectivity index (χ0v) is 13.8. The van der Waals surface area contributed by atoms with E-state index in [0.29, 0.717) is 11.4 Å². The number of aromatic nitrogens is 1. The summed E-state index contributed by atoms with van der Waals surface area (Å²) in [5.74, 6) is 6.46. The molecule has 0 spiro atoms. The molecule has 0 fully saturated rings. The van der Waals surface area contributed by atoms with E-state index in [2.05, 4.69) is 28.5 Å². The lowest BCUT2D eigenvalue weighted by Gasteiger charge is -2.00. The van der Waals surface area contributed by atoms with Gasteiger partial charge in [0.25, 0.3) is 0 Å². The third-order valence-electron chi connectivity index (χ3n) is 3.72. The van der Waals surface area contributed by atoms with Crippen LogP contribution in [-0.4, -0.2) is 10.4 Å². The van der Waals surface area contributed by atoms with E-state index in [0.717, 1.165) is 27.6 Å². The van der Waals surface area contributed by atoms with Crippen LogP contribution in [0.1, 0.15) is 23.6 Å². The molecular weight excluding hydrogens is 306 g/mol. The second kappa shape index (κ2) is 6.32. The quantitative estimate of drug-likeness (QED) is 0.643. The smallest absolute Gasteiger partial charge is 0.134 e. The van der Waals surface area contributed by atoms with Crippen LogP contribution in [0.3, 0.4) is 0 Å². The minimum absolute atomic E-state index is 0.121. The van der Waals surface area contributed by atoms with Crippen LogP contribution in [0.5, 0.6) is 0 Å². The van der Waals surface area contributed by atoms with Crippen molar-refractivity contribution in [3.63, 3.8) is 0 Å². The first-order valence-corrected chi connectivity index (χ1v) is 7.76. The molecule has 2 nitrogen and oxygen atoms in total. The predicted molar refractivity (Wildman–Crippen MR) is 94.7 cm³/mol. The third kappa shape index (κ3) is 3.31. The summed E-state index contributed by atoms with van der Waals surface area (Å²) in [6, 6.07) is 13.8. The molecule has 3 rings (SSSR count). The van der Waals surface area contributed by atoms with Gasteiger partial charge in [-0.25, -0.2) is 0 Å². The van der Waals surface area contributed by atoms with Gasteiger partial charge in [-0.1, -0.05) is 47.7 Å². The monoisotopic (exact) mass is 321 g/mol. The molecule has 0 unspecified atom stereocenters. The molecule has 2 aromatic carbocycles. The van der Waals surface area contributed by atoms with Crippen LogP contribution in [-0.2, 0) is 18.3 Å². The molecule has 0 atom stereocenters. The van der Waals surface area contributed by atoms with Gasteiger partial charge in [0, 0.05) is 36.1 Å². The van der Waals surface area contributed by atoms with E-state index in [1.807, 2.05) is 43.6 Å². The lowest BCUT2D eigenvalue weighted by atomic mass is 10.1. The van der Waals surface area contributed by atoms with Crippen molar-refractivity contribution in [3.05, 3.63) is 70.4 Å². The standard InChI is InChI=1S/C20H16ClNO/c1-14(23)11-15-7-8-16(19(21)12-15)9-10-17-13-22(2)20-6-4-3-5-18(17)20/h3-8,12-13H,11H2,1-2H3. The highest BCUT2D eigenvalue weighted by Crippen LogP contribution is 2.21. The average molecular weight is 322 g/mol. The molecule has 0 radical (unpaired) electrons.